The van der Waals surface area contributed by atoms with Gasteiger partial charge in [0.15, 0.2) is 5.16 Å². The number of nitrogens with one attached hydrogen (secondary N) is 1. The molecule has 9 heteroatoms. The van der Waals surface area contributed by atoms with Gasteiger partial charge in [0.25, 0.3) is 5.91 Å². The minimum absolute atomic E-state index is 0.134. The van der Waals surface area contributed by atoms with Crippen LogP contribution in [0.5, 0.6) is 0 Å². The SMILES string of the molecule is CSc1ncc(C(=O)Nc2ccc(CC(=O)N3CCSCC3)cc2)n1-c1ccc(F)cc1. The molecule has 1 fully saturated rings. The second kappa shape index (κ2) is 10.2. The van der Waals surface area contributed by atoms with Crippen molar-refractivity contribution in [3.8, 4) is 5.69 Å². The van der Waals surface area contributed by atoms with Gasteiger partial charge in [-0.2, -0.15) is 11.8 Å². The molecule has 0 radical (unpaired) electrons. The lowest BCUT2D eigenvalue weighted by molar-refractivity contribution is -0.130. The van der Waals surface area contributed by atoms with E-state index >= 15 is 0 Å². The molecule has 2 amide bonds. The van der Waals surface area contributed by atoms with Crippen molar-refractivity contribution < 1.29 is 14.0 Å². The van der Waals surface area contributed by atoms with Crippen molar-refractivity contribution in [2.45, 2.75) is 11.6 Å². The molecule has 0 aliphatic carbocycles. The summed E-state index contributed by atoms with van der Waals surface area (Å²) in [5.41, 5.74) is 2.54. The van der Waals surface area contributed by atoms with Crippen molar-refractivity contribution in [3.63, 3.8) is 0 Å². The molecule has 6 nitrogen and oxygen atoms in total. The Morgan fingerprint density at radius 2 is 1.78 bits per heavy atom. The van der Waals surface area contributed by atoms with Gasteiger partial charge in [0, 0.05) is 36.0 Å². The number of carbonyl (C=O) groups excluding carboxylic acids is 2. The zero-order chi connectivity index (χ0) is 22.5. The van der Waals surface area contributed by atoms with Crippen LogP contribution in [0.2, 0.25) is 0 Å². The molecule has 2 heterocycles. The van der Waals surface area contributed by atoms with Crippen LogP contribution < -0.4 is 5.32 Å². The predicted molar refractivity (Wildman–Crippen MR) is 127 cm³/mol. The highest BCUT2D eigenvalue weighted by Gasteiger charge is 2.19. The average molecular weight is 471 g/mol. The number of amides is 2. The van der Waals surface area contributed by atoms with E-state index in [-0.39, 0.29) is 17.6 Å². The van der Waals surface area contributed by atoms with E-state index in [2.05, 4.69) is 10.3 Å². The number of hydrogen-bond donors (Lipinski definition) is 1. The Labute approximate surface area is 194 Å². The fourth-order valence-electron chi connectivity index (χ4n) is 3.48. The number of benzene rings is 2. The van der Waals surface area contributed by atoms with E-state index in [4.69, 9.17) is 0 Å². The normalized spacial score (nSPS) is 13.8. The van der Waals surface area contributed by atoms with E-state index < -0.39 is 0 Å². The molecular weight excluding hydrogens is 447 g/mol. The molecule has 1 saturated heterocycles. The third-order valence-electron chi connectivity index (χ3n) is 5.16. The summed E-state index contributed by atoms with van der Waals surface area (Å²) in [4.78, 5) is 31.6. The molecule has 1 aliphatic rings. The molecule has 4 rings (SSSR count). The number of anilines is 1. The second-order valence-corrected chi connectivity index (χ2v) is 9.26. The maximum Gasteiger partial charge on any atom is 0.274 e. The lowest BCUT2D eigenvalue weighted by Gasteiger charge is -2.26. The number of carbonyl (C=O) groups is 2. The van der Waals surface area contributed by atoms with Crippen LogP contribution in [0.1, 0.15) is 16.1 Å². The van der Waals surface area contributed by atoms with Gasteiger partial charge in [-0.1, -0.05) is 23.9 Å². The first-order chi connectivity index (χ1) is 15.5. The van der Waals surface area contributed by atoms with E-state index in [0.717, 1.165) is 30.2 Å². The van der Waals surface area contributed by atoms with Crippen molar-refractivity contribution >= 4 is 41.0 Å². The highest BCUT2D eigenvalue weighted by atomic mass is 32.2. The number of rotatable bonds is 6. The van der Waals surface area contributed by atoms with E-state index in [1.54, 1.807) is 28.8 Å². The van der Waals surface area contributed by atoms with E-state index in [0.29, 0.717) is 28.6 Å². The summed E-state index contributed by atoms with van der Waals surface area (Å²) in [5, 5.41) is 3.51. The average Bonchev–Trinajstić information content (AvgIpc) is 3.26. The zero-order valence-corrected chi connectivity index (χ0v) is 19.2. The summed E-state index contributed by atoms with van der Waals surface area (Å²) in [5.74, 6) is 1.45. The number of nitrogens with zero attached hydrogens (tertiary/aromatic N) is 3. The van der Waals surface area contributed by atoms with Crippen LogP contribution in [0.25, 0.3) is 5.69 Å². The van der Waals surface area contributed by atoms with Crippen molar-refractivity contribution in [1.29, 1.82) is 0 Å². The van der Waals surface area contributed by atoms with Crippen molar-refractivity contribution in [1.82, 2.24) is 14.5 Å². The fourth-order valence-corrected chi connectivity index (χ4v) is 4.93. The Hall–Kier alpha value is -2.78. The predicted octanol–water partition coefficient (Wildman–Crippen LogP) is 4.10. The van der Waals surface area contributed by atoms with Gasteiger partial charge in [0.1, 0.15) is 11.5 Å². The third-order valence-corrected chi connectivity index (χ3v) is 6.76. The van der Waals surface area contributed by atoms with Crippen LogP contribution in [-0.4, -0.2) is 57.1 Å². The Kier molecular flexibility index (Phi) is 7.16. The van der Waals surface area contributed by atoms with Gasteiger partial charge in [0.2, 0.25) is 5.91 Å². The minimum Gasteiger partial charge on any atom is -0.341 e. The van der Waals surface area contributed by atoms with Crippen molar-refractivity contribution in [2.75, 3.05) is 36.2 Å². The number of imidazole rings is 1. The molecule has 0 atom stereocenters. The maximum absolute atomic E-state index is 13.3. The van der Waals surface area contributed by atoms with Crippen LogP contribution in [0.15, 0.2) is 59.9 Å². The van der Waals surface area contributed by atoms with Crippen LogP contribution in [0.4, 0.5) is 10.1 Å². The zero-order valence-electron chi connectivity index (χ0n) is 17.6. The van der Waals surface area contributed by atoms with E-state index in [9.17, 15) is 14.0 Å². The molecule has 0 bridgehead atoms. The quantitative estimate of drug-likeness (QED) is 0.550. The van der Waals surface area contributed by atoms with Crippen LogP contribution >= 0.6 is 23.5 Å². The number of halogens is 1. The van der Waals surface area contributed by atoms with Gasteiger partial charge in [-0.25, -0.2) is 9.37 Å². The molecule has 166 valence electrons. The minimum atomic E-state index is -0.344. The Balaban J connectivity index is 1.46. The van der Waals surface area contributed by atoms with Crippen LogP contribution in [0, 0.1) is 5.82 Å². The highest BCUT2D eigenvalue weighted by molar-refractivity contribution is 7.99. The van der Waals surface area contributed by atoms with Gasteiger partial charge in [-0.15, -0.1) is 0 Å². The summed E-state index contributed by atoms with van der Waals surface area (Å²) in [6, 6.07) is 13.2. The first-order valence-electron chi connectivity index (χ1n) is 10.2. The summed E-state index contributed by atoms with van der Waals surface area (Å²) < 4.78 is 15.0. The molecule has 32 heavy (non-hydrogen) atoms. The lowest BCUT2D eigenvalue weighted by Crippen LogP contribution is -2.38. The van der Waals surface area contributed by atoms with Gasteiger partial charge >= 0.3 is 0 Å². The molecule has 2 aromatic carbocycles. The van der Waals surface area contributed by atoms with Gasteiger partial charge in [-0.3, -0.25) is 14.2 Å². The Bertz CT molecular complexity index is 1090. The summed E-state index contributed by atoms with van der Waals surface area (Å²) in [7, 11) is 0. The monoisotopic (exact) mass is 470 g/mol. The van der Waals surface area contributed by atoms with Gasteiger partial charge < -0.3 is 10.2 Å². The lowest BCUT2D eigenvalue weighted by atomic mass is 10.1. The largest absolute Gasteiger partial charge is 0.341 e. The fraction of sp³-hybridized carbons (Fsp3) is 0.261. The standard InChI is InChI=1S/C23H23FN4O2S2/c1-31-23-25-15-20(28(23)19-8-4-17(24)5-9-19)22(30)26-18-6-2-16(3-7-18)14-21(29)27-10-12-32-13-11-27/h2-9,15H,10-14H2,1H3,(H,26,30). The molecular formula is C23H23FN4O2S2. The molecule has 0 saturated carbocycles. The summed E-state index contributed by atoms with van der Waals surface area (Å²) in [6.07, 6.45) is 3.73. The summed E-state index contributed by atoms with van der Waals surface area (Å²) >= 11 is 3.27. The Morgan fingerprint density at radius 3 is 2.44 bits per heavy atom. The first-order valence-corrected chi connectivity index (χ1v) is 12.6. The smallest absolute Gasteiger partial charge is 0.274 e. The molecule has 0 spiro atoms. The van der Waals surface area contributed by atoms with Crippen LogP contribution in [0.3, 0.4) is 0 Å². The van der Waals surface area contributed by atoms with Crippen molar-refractivity contribution in [2.24, 2.45) is 0 Å². The molecule has 3 aromatic rings. The highest BCUT2D eigenvalue weighted by Crippen LogP contribution is 2.23. The van der Waals surface area contributed by atoms with Gasteiger partial charge in [-0.05, 0) is 48.2 Å². The van der Waals surface area contributed by atoms with Crippen LogP contribution in [-0.2, 0) is 11.2 Å². The van der Waals surface area contributed by atoms with Crippen molar-refractivity contribution in [3.05, 3.63) is 71.8 Å². The molecule has 0 unspecified atom stereocenters. The second-order valence-electron chi connectivity index (χ2n) is 7.26. The topological polar surface area (TPSA) is 67.2 Å². The molecule has 1 aliphatic heterocycles. The molecule has 1 aromatic heterocycles. The van der Waals surface area contributed by atoms with Gasteiger partial charge in [0.05, 0.1) is 12.6 Å². The number of aromatic nitrogens is 2. The third kappa shape index (κ3) is 5.16. The number of hydrogen-bond acceptors (Lipinski definition) is 5. The summed E-state index contributed by atoms with van der Waals surface area (Å²) in [6.45, 7) is 1.61. The number of thioether (sulfide) groups is 2. The van der Waals surface area contributed by atoms with E-state index in [1.807, 2.05) is 35.1 Å². The molecule has 1 N–H and O–H groups in total. The maximum atomic E-state index is 13.3. The first kappa shape index (κ1) is 22.4. The van der Waals surface area contributed by atoms with E-state index in [1.165, 1.54) is 30.1 Å². The Morgan fingerprint density at radius 1 is 1.09 bits per heavy atom.